The standard InChI is InChI=1S/C16H22N2O2S/c1-4-6-13-14(15(19)20-5-2)21-16(18-13)17-12-9-7-11(3)8-10-12/h7-10,16-18H,4-6H2,1-3H3. The zero-order chi connectivity index (χ0) is 15.2. The van der Waals surface area contributed by atoms with E-state index < -0.39 is 0 Å². The predicted molar refractivity (Wildman–Crippen MR) is 87.9 cm³/mol. The van der Waals surface area contributed by atoms with Crippen molar-refractivity contribution in [1.29, 1.82) is 0 Å². The van der Waals surface area contributed by atoms with Crippen molar-refractivity contribution >= 4 is 23.4 Å². The maximum atomic E-state index is 12.0. The van der Waals surface area contributed by atoms with Gasteiger partial charge in [-0.15, -0.1) is 0 Å². The van der Waals surface area contributed by atoms with Crippen molar-refractivity contribution in [3.05, 3.63) is 40.4 Å². The summed E-state index contributed by atoms with van der Waals surface area (Å²) in [4.78, 5) is 12.7. The van der Waals surface area contributed by atoms with E-state index in [9.17, 15) is 4.79 Å². The normalized spacial score (nSPS) is 17.6. The fourth-order valence-electron chi connectivity index (χ4n) is 2.11. The summed E-state index contributed by atoms with van der Waals surface area (Å²) in [5.74, 6) is -0.230. The van der Waals surface area contributed by atoms with Crippen molar-refractivity contribution in [2.75, 3.05) is 11.9 Å². The van der Waals surface area contributed by atoms with Crippen molar-refractivity contribution in [3.63, 3.8) is 0 Å². The third kappa shape index (κ3) is 4.17. The van der Waals surface area contributed by atoms with Gasteiger partial charge in [0.1, 0.15) is 10.4 Å². The first-order chi connectivity index (χ1) is 10.1. The molecule has 4 nitrogen and oxygen atoms in total. The van der Waals surface area contributed by atoms with Crippen molar-refractivity contribution < 1.29 is 9.53 Å². The van der Waals surface area contributed by atoms with Gasteiger partial charge in [-0.3, -0.25) is 0 Å². The van der Waals surface area contributed by atoms with Crippen LogP contribution in [0.2, 0.25) is 0 Å². The molecule has 1 heterocycles. The van der Waals surface area contributed by atoms with E-state index in [1.54, 1.807) is 0 Å². The zero-order valence-corrected chi connectivity index (χ0v) is 13.5. The van der Waals surface area contributed by atoms with E-state index in [0.29, 0.717) is 11.5 Å². The molecule has 0 spiro atoms. The lowest BCUT2D eigenvalue weighted by Crippen LogP contribution is -2.28. The van der Waals surface area contributed by atoms with Crippen LogP contribution in [-0.4, -0.2) is 18.1 Å². The first-order valence-electron chi connectivity index (χ1n) is 7.30. The number of esters is 1. The highest BCUT2D eigenvalue weighted by molar-refractivity contribution is 8.04. The molecule has 0 saturated heterocycles. The number of carbonyl (C=O) groups excluding carboxylic acids is 1. The molecule has 0 aliphatic carbocycles. The number of thioether (sulfide) groups is 1. The number of hydrogen-bond donors (Lipinski definition) is 2. The summed E-state index contributed by atoms with van der Waals surface area (Å²) in [5, 5.41) is 6.76. The molecule has 0 bridgehead atoms. The van der Waals surface area contributed by atoms with Gasteiger partial charge in [0.25, 0.3) is 0 Å². The molecule has 1 aliphatic heterocycles. The summed E-state index contributed by atoms with van der Waals surface area (Å²) >= 11 is 1.49. The van der Waals surface area contributed by atoms with Crippen LogP contribution in [0.25, 0.3) is 0 Å². The molecule has 0 fully saturated rings. The number of benzene rings is 1. The summed E-state index contributed by atoms with van der Waals surface area (Å²) in [5.41, 5.74) is 3.20. The van der Waals surface area contributed by atoms with Crippen molar-refractivity contribution in [1.82, 2.24) is 5.32 Å². The number of nitrogens with one attached hydrogen (secondary N) is 2. The smallest absolute Gasteiger partial charge is 0.346 e. The van der Waals surface area contributed by atoms with Gasteiger partial charge in [0.15, 0.2) is 0 Å². The van der Waals surface area contributed by atoms with Crippen LogP contribution in [0.5, 0.6) is 0 Å². The van der Waals surface area contributed by atoms with Crippen LogP contribution in [-0.2, 0) is 9.53 Å². The van der Waals surface area contributed by atoms with Crippen molar-refractivity contribution in [3.8, 4) is 0 Å². The van der Waals surface area contributed by atoms with Crippen molar-refractivity contribution in [2.24, 2.45) is 0 Å². The van der Waals surface area contributed by atoms with Gasteiger partial charge in [-0.1, -0.05) is 42.8 Å². The van der Waals surface area contributed by atoms with E-state index in [-0.39, 0.29) is 11.5 Å². The van der Waals surface area contributed by atoms with Crippen LogP contribution in [0.3, 0.4) is 0 Å². The molecule has 114 valence electrons. The van der Waals surface area contributed by atoms with E-state index in [0.717, 1.165) is 24.2 Å². The fraction of sp³-hybridized carbons (Fsp3) is 0.438. The average Bonchev–Trinajstić information content (AvgIpc) is 2.85. The highest BCUT2D eigenvalue weighted by Gasteiger charge is 2.29. The molecule has 1 aliphatic rings. The second-order valence-corrected chi connectivity index (χ2v) is 6.05. The number of rotatable bonds is 6. The lowest BCUT2D eigenvalue weighted by atomic mass is 10.2. The maximum absolute atomic E-state index is 12.0. The van der Waals surface area contributed by atoms with Gasteiger partial charge < -0.3 is 15.4 Å². The van der Waals surface area contributed by atoms with E-state index >= 15 is 0 Å². The molecular weight excluding hydrogens is 284 g/mol. The van der Waals surface area contributed by atoms with Crippen LogP contribution in [0.4, 0.5) is 5.69 Å². The SMILES string of the molecule is CCCC1=C(C(=O)OCC)SC(Nc2ccc(C)cc2)N1. The molecule has 1 aromatic rings. The minimum atomic E-state index is -0.230. The number of hydrogen-bond acceptors (Lipinski definition) is 5. The molecule has 21 heavy (non-hydrogen) atoms. The Morgan fingerprint density at radius 3 is 2.67 bits per heavy atom. The van der Waals surface area contributed by atoms with Crippen LogP contribution in [0, 0.1) is 6.92 Å². The van der Waals surface area contributed by atoms with Crippen LogP contribution >= 0.6 is 11.8 Å². The van der Waals surface area contributed by atoms with Crippen LogP contribution < -0.4 is 10.6 Å². The Bertz CT molecular complexity index is 526. The van der Waals surface area contributed by atoms with E-state index in [4.69, 9.17) is 4.74 Å². The monoisotopic (exact) mass is 306 g/mol. The van der Waals surface area contributed by atoms with Gasteiger partial charge in [0.2, 0.25) is 0 Å². The number of aryl methyl sites for hydroxylation is 1. The second-order valence-electron chi connectivity index (χ2n) is 4.93. The summed E-state index contributed by atoms with van der Waals surface area (Å²) in [6.45, 7) is 6.39. The zero-order valence-electron chi connectivity index (χ0n) is 12.7. The fourth-order valence-corrected chi connectivity index (χ4v) is 3.20. The largest absolute Gasteiger partial charge is 0.462 e. The lowest BCUT2D eigenvalue weighted by molar-refractivity contribution is -0.137. The number of carbonyl (C=O) groups is 1. The molecule has 0 radical (unpaired) electrons. The Hall–Kier alpha value is -1.62. The molecule has 5 heteroatoms. The average molecular weight is 306 g/mol. The van der Waals surface area contributed by atoms with Crippen LogP contribution in [0.15, 0.2) is 34.9 Å². The minimum Gasteiger partial charge on any atom is -0.462 e. The molecule has 1 aromatic carbocycles. The topological polar surface area (TPSA) is 50.4 Å². The minimum absolute atomic E-state index is 0.0336. The Labute approximate surface area is 130 Å². The van der Waals surface area contributed by atoms with E-state index in [1.165, 1.54) is 17.3 Å². The van der Waals surface area contributed by atoms with Crippen molar-refractivity contribution in [2.45, 2.75) is 39.1 Å². The highest BCUT2D eigenvalue weighted by Crippen LogP contribution is 2.33. The van der Waals surface area contributed by atoms with Gasteiger partial charge in [0, 0.05) is 11.4 Å². The number of allylic oxidation sites excluding steroid dienone is 1. The van der Waals surface area contributed by atoms with Gasteiger partial charge in [0.05, 0.1) is 6.61 Å². The summed E-state index contributed by atoms with van der Waals surface area (Å²) in [6, 6.07) is 8.21. The molecular formula is C16H22N2O2S. The Kier molecular flexibility index (Phi) is 5.56. The van der Waals surface area contributed by atoms with E-state index in [1.807, 2.05) is 19.1 Å². The van der Waals surface area contributed by atoms with E-state index in [2.05, 4.69) is 36.6 Å². The Morgan fingerprint density at radius 2 is 2.05 bits per heavy atom. The molecule has 2 N–H and O–H groups in total. The molecule has 0 saturated carbocycles. The third-order valence-electron chi connectivity index (χ3n) is 3.13. The highest BCUT2D eigenvalue weighted by atomic mass is 32.2. The van der Waals surface area contributed by atoms with Gasteiger partial charge in [-0.25, -0.2) is 4.79 Å². The van der Waals surface area contributed by atoms with Gasteiger partial charge >= 0.3 is 5.97 Å². The molecule has 0 amide bonds. The summed E-state index contributed by atoms with van der Waals surface area (Å²) < 4.78 is 5.13. The number of ether oxygens (including phenoxy) is 1. The summed E-state index contributed by atoms with van der Waals surface area (Å²) in [6.07, 6.45) is 1.84. The Morgan fingerprint density at radius 1 is 1.33 bits per heavy atom. The number of anilines is 1. The third-order valence-corrected chi connectivity index (χ3v) is 4.25. The molecule has 0 aromatic heterocycles. The van der Waals surface area contributed by atoms with Crippen LogP contribution in [0.1, 0.15) is 32.3 Å². The quantitative estimate of drug-likeness (QED) is 0.786. The molecule has 1 atom stereocenters. The first-order valence-corrected chi connectivity index (χ1v) is 8.18. The first kappa shape index (κ1) is 15.8. The summed E-state index contributed by atoms with van der Waals surface area (Å²) in [7, 11) is 0. The maximum Gasteiger partial charge on any atom is 0.346 e. The molecule has 2 rings (SSSR count). The predicted octanol–water partition coefficient (Wildman–Crippen LogP) is 3.60. The van der Waals surface area contributed by atoms with Gasteiger partial charge in [-0.05, 0) is 32.4 Å². The second kappa shape index (κ2) is 7.41. The van der Waals surface area contributed by atoms with Gasteiger partial charge in [-0.2, -0.15) is 0 Å². The lowest BCUT2D eigenvalue weighted by Gasteiger charge is -2.15. The molecule has 1 unspecified atom stereocenters. The Balaban J connectivity index is 2.03.